The minimum absolute atomic E-state index is 0.0643. The molecule has 0 atom stereocenters. The predicted molar refractivity (Wildman–Crippen MR) is 119 cm³/mol. The quantitative estimate of drug-likeness (QED) is 0.609. The van der Waals surface area contributed by atoms with Crippen molar-refractivity contribution in [2.75, 3.05) is 24.2 Å². The number of nitriles is 1. The highest BCUT2D eigenvalue weighted by molar-refractivity contribution is 7.91. The summed E-state index contributed by atoms with van der Waals surface area (Å²) in [6, 6.07) is 12.5. The van der Waals surface area contributed by atoms with Crippen LogP contribution in [0.4, 0.5) is 5.69 Å². The lowest BCUT2D eigenvalue weighted by Gasteiger charge is -2.20. The third-order valence-electron chi connectivity index (χ3n) is 4.62. The molecule has 1 amide bonds. The van der Waals surface area contributed by atoms with Gasteiger partial charge >= 0.3 is 0 Å². The SMILES string of the molecule is CCN(CC)S(=O)(=O)c1cc(NC(=O)CS(=O)(=O)Cc2ccc(C#N)cc2)ccc1C. The van der Waals surface area contributed by atoms with Crippen LogP contribution in [-0.2, 0) is 30.4 Å². The van der Waals surface area contributed by atoms with E-state index in [2.05, 4.69) is 5.32 Å². The maximum Gasteiger partial charge on any atom is 0.243 e. The first-order chi connectivity index (χ1) is 14.5. The van der Waals surface area contributed by atoms with Gasteiger partial charge in [-0.25, -0.2) is 16.8 Å². The molecule has 0 heterocycles. The number of carbonyl (C=O) groups excluding carboxylic acids is 1. The molecule has 0 aromatic heterocycles. The van der Waals surface area contributed by atoms with Gasteiger partial charge in [-0.15, -0.1) is 0 Å². The van der Waals surface area contributed by atoms with Crippen molar-refractivity contribution in [1.29, 1.82) is 5.26 Å². The fraction of sp³-hybridized carbons (Fsp3) is 0.333. The summed E-state index contributed by atoms with van der Waals surface area (Å²) in [5, 5.41) is 11.3. The van der Waals surface area contributed by atoms with Gasteiger partial charge in [0, 0.05) is 18.8 Å². The van der Waals surface area contributed by atoms with Crippen molar-refractivity contribution in [2.24, 2.45) is 0 Å². The Bertz CT molecular complexity index is 1190. The lowest BCUT2D eigenvalue weighted by Crippen LogP contribution is -2.31. The molecule has 166 valence electrons. The number of hydrogen-bond acceptors (Lipinski definition) is 6. The third kappa shape index (κ3) is 6.37. The molecule has 0 saturated carbocycles. The maximum absolute atomic E-state index is 12.8. The average molecular weight is 464 g/mol. The summed E-state index contributed by atoms with van der Waals surface area (Å²) in [5.41, 5.74) is 1.61. The van der Waals surface area contributed by atoms with E-state index in [1.165, 1.54) is 40.7 Å². The molecule has 0 saturated heterocycles. The molecule has 0 unspecified atom stereocenters. The van der Waals surface area contributed by atoms with Crippen molar-refractivity contribution in [3.05, 3.63) is 59.2 Å². The van der Waals surface area contributed by atoms with E-state index in [1.807, 2.05) is 6.07 Å². The summed E-state index contributed by atoms with van der Waals surface area (Å²) < 4.78 is 51.7. The molecule has 0 bridgehead atoms. The van der Waals surface area contributed by atoms with E-state index in [-0.39, 0.29) is 16.3 Å². The van der Waals surface area contributed by atoms with Gasteiger partial charge in [-0.05, 0) is 42.3 Å². The highest BCUT2D eigenvalue weighted by Gasteiger charge is 2.24. The summed E-state index contributed by atoms with van der Waals surface area (Å²) in [4.78, 5) is 12.4. The van der Waals surface area contributed by atoms with E-state index in [9.17, 15) is 21.6 Å². The van der Waals surface area contributed by atoms with Crippen molar-refractivity contribution in [3.63, 3.8) is 0 Å². The van der Waals surface area contributed by atoms with Gasteiger partial charge in [0.15, 0.2) is 9.84 Å². The number of amides is 1. The molecule has 0 spiro atoms. The summed E-state index contributed by atoms with van der Waals surface area (Å²) in [5.74, 6) is -1.86. The molecule has 2 rings (SSSR count). The predicted octanol–water partition coefficient (Wildman–Crippen LogP) is 2.45. The number of nitrogens with one attached hydrogen (secondary N) is 1. The van der Waals surface area contributed by atoms with Gasteiger partial charge in [-0.2, -0.15) is 9.57 Å². The number of rotatable bonds is 9. The smallest absolute Gasteiger partial charge is 0.243 e. The molecule has 2 aromatic carbocycles. The van der Waals surface area contributed by atoms with Gasteiger partial charge in [0.25, 0.3) is 0 Å². The van der Waals surface area contributed by atoms with Crippen LogP contribution in [0.1, 0.15) is 30.5 Å². The number of benzene rings is 2. The highest BCUT2D eigenvalue weighted by Crippen LogP contribution is 2.23. The molecular formula is C21H25N3O5S2. The van der Waals surface area contributed by atoms with Crippen LogP contribution < -0.4 is 5.32 Å². The Morgan fingerprint density at radius 1 is 1.03 bits per heavy atom. The van der Waals surface area contributed by atoms with Crippen LogP contribution in [0.3, 0.4) is 0 Å². The normalized spacial score (nSPS) is 11.8. The molecule has 31 heavy (non-hydrogen) atoms. The number of aryl methyl sites for hydroxylation is 1. The number of anilines is 1. The zero-order valence-corrected chi connectivity index (χ0v) is 19.3. The summed E-state index contributed by atoms with van der Waals surface area (Å²) in [6.45, 7) is 5.75. The number of sulfonamides is 1. The number of nitrogens with zero attached hydrogens (tertiary/aromatic N) is 2. The van der Waals surface area contributed by atoms with Crippen LogP contribution >= 0.6 is 0 Å². The van der Waals surface area contributed by atoms with E-state index < -0.39 is 31.5 Å². The molecule has 0 fully saturated rings. The number of hydrogen-bond donors (Lipinski definition) is 1. The Labute approximate surface area is 183 Å². The first kappa shape index (κ1) is 24.5. The number of sulfone groups is 1. The molecule has 1 N–H and O–H groups in total. The van der Waals surface area contributed by atoms with Crippen LogP contribution in [0.2, 0.25) is 0 Å². The molecule has 8 nitrogen and oxygen atoms in total. The zero-order valence-electron chi connectivity index (χ0n) is 17.6. The average Bonchev–Trinajstić information content (AvgIpc) is 2.69. The van der Waals surface area contributed by atoms with Crippen LogP contribution in [0, 0.1) is 18.3 Å². The van der Waals surface area contributed by atoms with Gasteiger partial charge < -0.3 is 5.32 Å². The van der Waals surface area contributed by atoms with Crippen molar-refractivity contribution >= 4 is 31.5 Å². The molecule has 0 aliphatic carbocycles. The first-order valence-corrected chi connectivity index (χ1v) is 12.9. The minimum Gasteiger partial charge on any atom is -0.325 e. The largest absolute Gasteiger partial charge is 0.325 e. The Morgan fingerprint density at radius 2 is 1.65 bits per heavy atom. The Hall–Kier alpha value is -2.74. The van der Waals surface area contributed by atoms with Crippen LogP contribution in [0.15, 0.2) is 47.4 Å². The van der Waals surface area contributed by atoms with E-state index >= 15 is 0 Å². The van der Waals surface area contributed by atoms with Gasteiger partial charge in [-0.3, -0.25) is 4.79 Å². The molecular weight excluding hydrogens is 438 g/mol. The summed E-state index contributed by atoms with van der Waals surface area (Å²) >= 11 is 0. The second-order valence-corrected chi connectivity index (χ2v) is 10.9. The van der Waals surface area contributed by atoms with Gasteiger partial charge in [0.2, 0.25) is 15.9 Å². The van der Waals surface area contributed by atoms with E-state index in [0.29, 0.717) is 29.8 Å². The molecule has 2 aromatic rings. The highest BCUT2D eigenvalue weighted by atomic mass is 32.2. The van der Waals surface area contributed by atoms with E-state index in [0.717, 1.165) is 0 Å². The monoisotopic (exact) mass is 463 g/mol. The Kier molecular flexibility index (Phi) is 7.95. The van der Waals surface area contributed by atoms with Gasteiger partial charge in [0.05, 0.1) is 22.3 Å². The topological polar surface area (TPSA) is 124 Å². The Balaban J connectivity index is 2.15. The zero-order chi connectivity index (χ0) is 23.2. The molecule has 0 radical (unpaired) electrons. The second kappa shape index (κ2) is 10.0. The van der Waals surface area contributed by atoms with Crippen molar-refractivity contribution in [1.82, 2.24) is 4.31 Å². The first-order valence-electron chi connectivity index (χ1n) is 9.62. The van der Waals surface area contributed by atoms with Crippen molar-refractivity contribution in [3.8, 4) is 6.07 Å². The fourth-order valence-electron chi connectivity index (χ4n) is 3.04. The lowest BCUT2D eigenvalue weighted by molar-refractivity contribution is -0.113. The van der Waals surface area contributed by atoms with E-state index in [1.54, 1.807) is 26.8 Å². The van der Waals surface area contributed by atoms with Crippen LogP contribution in [0.5, 0.6) is 0 Å². The van der Waals surface area contributed by atoms with Gasteiger partial charge in [-0.1, -0.05) is 32.0 Å². The maximum atomic E-state index is 12.8. The minimum atomic E-state index is -3.76. The number of carbonyl (C=O) groups is 1. The van der Waals surface area contributed by atoms with Crippen molar-refractivity contribution < 1.29 is 21.6 Å². The van der Waals surface area contributed by atoms with Crippen LogP contribution in [0.25, 0.3) is 0 Å². The molecule has 10 heteroatoms. The lowest BCUT2D eigenvalue weighted by atomic mass is 10.2. The summed E-state index contributed by atoms with van der Waals surface area (Å²) in [7, 11) is -7.49. The molecule has 0 aliphatic heterocycles. The second-order valence-electron chi connectivity index (χ2n) is 6.96. The molecule has 0 aliphatic rings. The summed E-state index contributed by atoms with van der Waals surface area (Å²) in [6.07, 6.45) is 0. The van der Waals surface area contributed by atoms with Crippen LogP contribution in [-0.4, -0.2) is 45.9 Å². The van der Waals surface area contributed by atoms with Gasteiger partial charge in [0.1, 0.15) is 5.75 Å². The van der Waals surface area contributed by atoms with Crippen molar-refractivity contribution in [2.45, 2.75) is 31.4 Å². The van der Waals surface area contributed by atoms with E-state index in [4.69, 9.17) is 5.26 Å². The standard InChI is InChI=1S/C21H25N3O5S2/c1-4-24(5-2)31(28,29)20-12-19(11-6-16(20)3)23-21(25)15-30(26,27)14-18-9-7-17(13-22)8-10-18/h6-12H,4-5,14-15H2,1-3H3,(H,23,25). The third-order valence-corrected chi connectivity index (χ3v) is 8.28. The fourth-order valence-corrected chi connectivity index (χ4v) is 6.02. The Morgan fingerprint density at radius 3 is 2.19 bits per heavy atom.